The molecule has 168 valence electrons. The number of ether oxygens (including phenoxy) is 5. The van der Waals surface area contributed by atoms with Crippen molar-refractivity contribution < 1.29 is 55.2 Å². The number of nitrogens with one attached hydrogen (secondary N) is 1. The zero-order valence-corrected chi connectivity index (χ0v) is 17.3. The lowest BCUT2D eigenvalue weighted by Gasteiger charge is -2.37. The molecule has 1 N–H and O–H groups in total. The van der Waals surface area contributed by atoms with E-state index in [4.69, 9.17) is 26.4 Å². The van der Waals surface area contributed by atoms with Gasteiger partial charge in [-0.3, -0.25) is 28.8 Å². The van der Waals surface area contributed by atoms with Crippen LogP contribution in [0.5, 0.6) is 0 Å². The van der Waals surface area contributed by atoms with Gasteiger partial charge in [-0.2, -0.15) is 0 Å². The van der Waals surface area contributed by atoms with Crippen LogP contribution in [0.4, 0.5) is 0 Å². The molecule has 1 amide bonds. The van der Waals surface area contributed by atoms with E-state index in [1.165, 1.54) is 0 Å². The van der Waals surface area contributed by atoms with Gasteiger partial charge in [0.25, 0.3) is 0 Å². The van der Waals surface area contributed by atoms with Crippen molar-refractivity contribution in [2.24, 2.45) is 0 Å². The highest BCUT2D eigenvalue weighted by atomic mass is 16.7. The van der Waals surface area contributed by atoms with Crippen LogP contribution < -0.4 is 5.32 Å². The molecule has 0 aromatic carbocycles. The highest BCUT2D eigenvalue weighted by Gasteiger charge is 2.69. The van der Waals surface area contributed by atoms with Crippen LogP contribution in [0.25, 0.3) is 0 Å². The van der Waals surface area contributed by atoms with E-state index in [2.05, 4.69) is 5.32 Å². The first-order valence-corrected chi connectivity index (χ1v) is 8.73. The molecule has 0 radical (unpaired) electrons. The standard InChI is InChI=1S/C18H25NO11/c1-8(20)19-16-14(27-10(3)22)15(28-11(4)23)17(29-12(5)24)18(16,30-13(6)25)7-26-9(2)21/h14-17H,7H2,1-6H3,(H,19,20)/t14-,15-,16-,17+,18+/m1/s1/i7D2. The average molecular weight is 433 g/mol. The Kier molecular flexibility index (Phi) is 7.20. The van der Waals surface area contributed by atoms with Crippen LogP contribution in [0.2, 0.25) is 0 Å². The summed E-state index contributed by atoms with van der Waals surface area (Å²) in [5.74, 6) is -6.06. The molecule has 0 heterocycles. The van der Waals surface area contributed by atoms with E-state index in [0.29, 0.717) is 0 Å². The lowest BCUT2D eigenvalue weighted by molar-refractivity contribution is -0.203. The lowest BCUT2D eigenvalue weighted by atomic mass is 9.94. The summed E-state index contributed by atoms with van der Waals surface area (Å²) in [7, 11) is 0. The van der Waals surface area contributed by atoms with E-state index in [-0.39, 0.29) is 0 Å². The first kappa shape index (κ1) is 21.5. The molecule has 0 aliphatic heterocycles. The maximum atomic E-state index is 12.1. The van der Waals surface area contributed by atoms with Gasteiger partial charge in [0.1, 0.15) is 12.6 Å². The van der Waals surface area contributed by atoms with Crippen LogP contribution in [-0.2, 0) is 52.5 Å². The monoisotopic (exact) mass is 433 g/mol. The molecule has 1 fully saturated rings. The molecule has 0 bridgehead atoms. The number of hydrogen-bond acceptors (Lipinski definition) is 11. The maximum absolute atomic E-state index is 12.1. The Bertz CT molecular complexity index is 771. The van der Waals surface area contributed by atoms with Crippen molar-refractivity contribution in [3.05, 3.63) is 0 Å². The third-order valence-corrected chi connectivity index (χ3v) is 3.76. The highest BCUT2D eigenvalue weighted by Crippen LogP contribution is 2.41. The van der Waals surface area contributed by atoms with Gasteiger partial charge in [-0.25, -0.2) is 0 Å². The SMILES string of the molecule is [2H]C([2H])(OC(C)=O)[C@]1(OC(C)=O)[C@H](NC(C)=O)[C@H](OC(C)=O)[C@@H](OC(C)=O)[C@@H]1OC(C)=O. The first-order chi connectivity index (χ1) is 14.5. The Hall–Kier alpha value is -3.18. The van der Waals surface area contributed by atoms with Crippen molar-refractivity contribution in [3.63, 3.8) is 0 Å². The zero-order valence-electron chi connectivity index (χ0n) is 19.3. The summed E-state index contributed by atoms with van der Waals surface area (Å²) in [6, 6.07) is -1.82. The fourth-order valence-electron chi connectivity index (χ4n) is 3.07. The summed E-state index contributed by atoms with van der Waals surface area (Å²) in [6.07, 6.45) is -5.49. The molecule has 1 rings (SSSR count). The van der Waals surface area contributed by atoms with Gasteiger partial charge in [0.05, 0.1) is 2.74 Å². The van der Waals surface area contributed by atoms with Crippen molar-refractivity contribution in [2.75, 3.05) is 6.56 Å². The van der Waals surface area contributed by atoms with Crippen molar-refractivity contribution in [1.29, 1.82) is 0 Å². The number of carbonyl (C=O) groups excluding carboxylic acids is 6. The van der Waals surface area contributed by atoms with Crippen LogP contribution in [-0.4, -0.2) is 72.3 Å². The largest absolute Gasteiger partial charge is 0.461 e. The van der Waals surface area contributed by atoms with Gasteiger partial charge in [0.2, 0.25) is 11.5 Å². The molecule has 0 unspecified atom stereocenters. The Morgan fingerprint density at radius 1 is 0.767 bits per heavy atom. The Balaban J connectivity index is 4.01. The van der Waals surface area contributed by atoms with Crippen LogP contribution in [0.1, 0.15) is 44.3 Å². The smallest absolute Gasteiger partial charge is 0.303 e. The van der Waals surface area contributed by atoms with Crippen LogP contribution in [0, 0.1) is 0 Å². The van der Waals surface area contributed by atoms with Gasteiger partial charge in [-0.15, -0.1) is 0 Å². The van der Waals surface area contributed by atoms with Gasteiger partial charge in [0.15, 0.2) is 18.3 Å². The van der Waals surface area contributed by atoms with Crippen molar-refractivity contribution in [1.82, 2.24) is 5.32 Å². The second kappa shape index (κ2) is 10.0. The van der Waals surface area contributed by atoms with Crippen molar-refractivity contribution in [2.45, 2.75) is 71.5 Å². The van der Waals surface area contributed by atoms with Gasteiger partial charge in [-0.1, -0.05) is 0 Å². The minimum absolute atomic E-state index is 0.813. The second-order valence-corrected chi connectivity index (χ2v) is 6.44. The Morgan fingerprint density at radius 2 is 1.27 bits per heavy atom. The molecule has 0 saturated heterocycles. The summed E-state index contributed by atoms with van der Waals surface area (Å²) in [6.45, 7) is 2.34. The van der Waals surface area contributed by atoms with E-state index in [1.54, 1.807) is 0 Å². The molecule has 12 nitrogen and oxygen atoms in total. The molecule has 1 aliphatic rings. The van der Waals surface area contributed by atoms with Crippen LogP contribution >= 0.6 is 0 Å². The number of amides is 1. The van der Waals surface area contributed by atoms with Gasteiger partial charge in [-0.05, 0) is 0 Å². The molecule has 5 atom stereocenters. The molecule has 12 heteroatoms. The zero-order chi connectivity index (χ0) is 25.0. The number of esters is 5. The Morgan fingerprint density at radius 3 is 1.67 bits per heavy atom. The maximum Gasteiger partial charge on any atom is 0.303 e. The van der Waals surface area contributed by atoms with E-state index >= 15 is 0 Å². The summed E-state index contributed by atoms with van der Waals surface area (Å²) in [4.78, 5) is 71.1. The van der Waals surface area contributed by atoms with Gasteiger partial charge >= 0.3 is 29.8 Å². The molecule has 1 aliphatic carbocycles. The van der Waals surface area contributed by atoms with Gasteiger partial charge < -0.3 is 29.0 Å². The fourth-order valence-corrected chi connectivity index (χ4v) is 3.07. The molecule has 0 spiro atoms. The fraction of sp³-hybridized carbons (Fsp3) is 0.667. The van der Waals surface area contributed by atoms with Crippen LogP contribution in [0.3, 0.4) is 0 Å². The minimum atomic E-state index is -3.29. The molecule has 0 aromatic heterocycles. The normalized spacial score (nSPS) is 28.9. The predicted molar refractivity (Wildman–Crippen MR) is 95.4 cm³/mol. The Labute approximate surface area is 175 Å². The number of hydrogen-bond donors (Lipinski definition) is 1. The van der Waals surface area contributed by atoms with E-state index < -0.39 is 72.3 Å². The number of carbonyl (C=O) groups is 6. The second-order valence-electron chi connectivity index (χ2n) is 6.44. The van der Waals surface area contributed by atoms with Gasteiger partial charge in [0, 0.05) is 41.5 Å². The highest BCUT2D eigenvalue weighted by molar-refractivity contribution is 5.75. The van der Waals surface area contributed by atoms with Crippen LogP contribution in [0.15, 0.2) is 0 Å². The minimum Gasteiger partial charge on any atom is -0.461 e. The summed E-state index contributed by atoms with van der Waals surface area (Å²) in [5.41, 5.74) is -2.83. The average Bonchev–Trinajstić information content (AvgIpc) is 2.76. The molecule has 30 heavy (non-hydrogen) atoms. The lowest BCUT2D eigenvalue weighted by Crippen LogP contribution is -2.62. The van der Waals surface area contributed by atoms with E-state index in [1.807, 2.05) is 0 Å². The third-order valence-electron chi connectivity index (χ3n) is 3.76. The van der Waals surface area contributed by atoms with E-state index in [0.717, 1.165) is 41.5 Å². The van der Waals surface area contributed by atoms with Crippen molar-refractivity contribution in [3.8, 4) is 0 Å². The topological polar surface area (TPSA) is 161 Å². The summed E-state index contributed by atoms with van der Waals surface area (Å²) in [5, 5.41) is 2.27. The molecule has 1 saturated carbocycles. The quantitative estimate of drug-likeness (QED) is 0.394. The summed E-state index contributed by atoms with van der Waals surface area (Å²) < 4.78 is 42.3. The third kappa shape index (κ3) is 6.16. The number of rotatable bonds is 7. The van der Waals surface area contributed by atoms with Crippen molar-refractivity contribution >= 4 is 35.8 Å². The first-order valence-electron chi connectivity index (χ1n) is 9.73. The van der Waals surface area contributed by atoms with E-state index in [9.17, 15) is 28.8 Å². The molecular formula is C18H25NO11. The summed E-state index contributed by atoms with van der Waals surface area (Å²) >= 11 is 0. The molecular weight excluding hydrogens is 406 g/mol. The molecule has 0 aromatic rings. The predicted octanol–water partition coefficient (Wildman–Crippen LogP) is -0.835.